The normalized spacial score (nSPS) is 13.9. The van der Waals surface area contributed by atoms with E-state index in [-0.39, 0.29) is 24.0 Å². The Balaban J connectivity index is 1.56. The van der Waals surface area contributed by atoms with Gasteiger partial charge in [-0.1, -0.05) is 23.4 Å². The molecule has 4 heterocycles. The molecule has 0 radical (unpaired) electrons. The van der Waals surface area contributed by atoms with Crippen molar-refractivity contribution < 1.29 is 18.1 Å². The van der Waals surface area contributed by atoms with Crippen LogP contribution in [-0.2, 0) is 11.4 Å². The van der Waals surface area contributed by atoms with Crippen LogP contribution in [0.4, 0.5) is 14.6 Å². The van der Waals surface area contributed by atoms with E-state index >= 15 is 0 Å². The monoisotopic (exact) mass is 410 g/mol. The van der Waals surface area contributed by atoms with Gasteiger partial charge in [0.1, 0.15) is 23.5 Å². The molecule has 0 bridgehead atoms. The summed E-state index contributed by atoms with van der Waals surface area (Å²) in [5.74, 6) is -0.640. The Bertz CT molecular complexity index is 1170. The summed E-state index contributed by atoms with van der Waals surface area (Å²) in [5.41, 5.74) is 1.97. The van der Waals surface area contributed by atoms with Crippen molar-refractivity contribution in [3.05, 3.63) is 66.1 Å². The standard InChI is InChI=1S/C20H16F2N6O2/c21-14-5-2-1-4-13(14)12-27-18(16-6-9-29-26-16)10-17(25-27)19-23-11-15(22)20(24-19)28-7-3-8-30-28/h1-2,4-6,9-11H,3,7-8,12H2. The predicted molar refractivity (Wildman–Crippen MR) is 102 cm³/mol. The number of benzene rings is 1. The SMILES string of the molecule is Fc1ccccc1Cn1nc(-c2ncc(F)c(N3CCCO3)n2)cc1-c1ccon1. The molecule has 5 rings (SSSR count). The highest BCUT2D eigenvalue weighted by Crippen LogP contribution is 2.27. The number of rotatable bonds is 5. The van der Waals surface area contributed by atoms with Crippen LogP contribution in [0.3, 0.4) is 0 Å². The van der Waals surface area contributed by atoms with Crippen LogP contribution >= 0.6 is 0 Å². The summed E-state index contributed by atoms with van der Waals surface area (Å²) in [6.07, 6.45) is 3.31. The summed E-state index contributed by atoms with van der Waals surface area (Å²) < 4.78 is 35.0. The topological polar surface area (TPSA) is 82.1 Å². The number of hydrogen-bond donors (Lipinski definition) is 0. The maximum atomic E-state index is 14.2. The first kappa shape index (κ1) is 18.4. The number of hydrogen-bond acceptors (Lipinski definition) is 7. The first-order valence-corrected chi connectivity index (χ1v) is 9.34. The predicted octanol–water partition coefficient (Wildman–Crippen LogP) is 3.46. The minimum Gasteiger partial charge on any atom is -0.364 e. The Hall–Kier alpha value is -3.66. The van der Waals surface area contributed by atoms with Gasteiger partial charge in [0.2, 0.25) is 0 Å². The summed E-state index contributed by atoms with van der Waals surface area (Å²) in [4.78, 5) is 13.8. The zero-order valence-electron chi connectivity index (χ0n) is 15.7. The van der Waals surface area contributed by atoms with E-state index in [1.54, 1.807) is 35.0 Å². The third-order valence-electron chi connectivity index (χ3n) is 4.70. The number of anilines is 1. The molecule has 1 saturated heterocycles. The maximum absolute atomic E-state index is 14.2. The molecule has 10 heteroatoms. The molecule has 0 amide bonds. The van der Waals surface area contributed by atoms with E-state index in [1.807, 2.05) is 0 Å². The molecule has 1 fully saturated rings. The van der Waals surface area contributed by atoms with Crippen molar-refractivity contribution in [1.82, 2.24) is 24.9 Å². The van der Waals surface area contributed by atoms with Crippen molar-refractivity contribution >= 4 is 5.82 Å². The van der Waals surface area contributed by atoms with Crippen LogP contribution in [0.2, 0.25) is 0 Å². The van der Waals surface area contributed by atoms with E-state index in [1.165, 1.54) is 17.4 Å². The largest absolute Gasteiger partial charge is 0.364 e. The Morgan fingerprint density at radius 1 is 1.07 bits per heavy atom. The Morgan fingerprint density at radius 3 is 2.73 bits per heavy atom. The van der Waals surface area contributed by atoms with Gasteiger partial charge < -0.3 is 4.52 Å². The fourth-order valence-corrected chi connectivity index (χ4v) is 3.26. The third kappa shape index (κ3) is 3.41. The molecular formula is C20H16F2N6O2. The summed E-state index contributed by atoms with van der Waals surface area (Å²) in [6, 6.07) is 9.83. The summed E-state index contributed by atoms with van der Waals surface area (Å²) >= 11 is 0. The molecule has 8 nitrogen and oxygen atoms in total. The highest BCUT2D eigenvalue weighted by molar-refractivity contribution is 5.63. The Labute approximate surface area is 169 Å². The van der Waals surface area contributed by atoms with Crippen molar-refractivity contribution in [3.8, 4) is 22.9 Å². The van der Waals surface area contributed by atoms with Crippen LogP contribution in [0.1, 0.15) is 12.0 Å². The third-order valence-corrected chi connectivity index (χ3v) is 4.70. The van der Waals surface area contributed by atoms with Crippen molar-refractivity contribution in [2.75, 3.05) is 18.2 Å². The molecule has 1 aliphatic heterocycles. The first-order chi connectivity index (χ1) is 14.7. The van der Waals surface area contributed by atoms with Gasteiger partial charge in [0.25, 0.3) is 0 Å². The van der Waals surface area contributed by atoms with Crippen LogP contribution in [0.15, 0.2) is 53.4 Å². The van der Waals surface area contributed by atoms with Gasteiger partial charge in [-0.15, -0.1) is 0 Å². The maximum Gasteiger partial charge on any atom is 0.192 e. The second-order valence-electron chi connectivity index (χ2n) is 6.70. The summed E-state index contributed by atoms with van der Waals surface area (Å²) in [5, 5.41) is 9.90. The highest BCUT2D eigenvalue weighted by atomic mass is 19.1. The second-order valence-corrected chi connectivity index (χ2v) is 6.70. The van der Waals surface area contributed by atoms with Gasteiger partial charge in [0.15, 0.2) is 17.5 Å². The van der Waals surface area contributed by atoms with Gasteiger partial charge in [-0.25, -0.2) is 23.8 Å². The molecule has 0 aliphatic carbocycles. The summed E-state index contributed by atoms with van der Waals surface area (Å²) in [7, 11) is 0. The quantitative estimate of drug-likeness (QED) is 0.498. The Morgan fingerprint density at radius 2 is 1.97 bits per heavy atom. The summed E-state index contributed by atoms with van der Waals surface area (Å²) in [6.45, 7) is 1.21. The second kappa shape index (κ2) is 7.64. The molecule has 0 saturated carbocycles. The van der Waals surface area contributed by atoms with Gasteiger partial charge in [0.05, 0.1) is 25.0 Å². The lowest BCUT2D eigenvalue weighted by atomic mass is 10.2. The van der Waals surface area contributed by atoms with Gasteiger partial charge in [-0.05, 0) is 18.6 Å². The molecule has 0 atom stereocenters. The minimum absolute atomic E-state index is 0.0594. The molecule has 0 N–H and O–H groups in total. The van der Waals surface area contributed by atoms with Crippen molar-refractivity contribution in [2.24, 2.45) is 0 Å². The van der Waals surface area contributed by atoms with Crippen LogP contribution < -0.4 is 5.06 Å². The molecule has 30 heavy (non-hydrogen) atoms. The molecule has 3 aromatic heterocycles. The van der Waals surface area contributed by atoms with E-state index < -0.39 is 5.82 Å². The zero-order valence-corrected chi connectivity index (χ0v) is 15.7. The molecule has 0 unspecified atom stereocenters. The molecular weight excluding hydrogens is 394 g/mol. The number of aromatic nitrogens is 5. The number of halogens is 2. The molecule has 152 valence electrons. The van der Waals surface area contributed by atoms with Crippen LogP contribution in [0.5, 0.6) is 0 Å². The zero-order chi connectivity index (χ0) is 20.5. The van der Waals surface area contributed by atoms with Crippen LogP contribution in [-0.4, -0.2) is 38.1 Å². The average molecular weight is 410 g/mol. The van der Waals surface area contributed by atoms with Crippen LogP contribution in [0.25, 0.3) is 22.9 Å². The molecule has 1 aliphatic rings. The first-order valence-electron chi connectivity index (χ1n) is 9.34. The van der Waals surface area contributed by atoms with E-state index in [9.17, 15) is 8.78 Å². The fourth-order valence-electron chi connectivity index (χ4n) is 3.26. The smallest absolute Gasteiger partial charge is 0.192 e. The van der Waals surface area contributed by atoms with Gasteiger partial charge in [-0.3, -0.25) is 9.52 Å². The molecule has 1 aromatic carbocycles. The van der Waals surface area contributed by atoms with E-state index in [0.717, 1.165) is 12.6 Å². The molecule has 0 spiro atoms. The lowest BCUT2D eigenvalue weighted by molar-refractivity contribution is 0.164. The minimum atomic E-state index is -0.580. The van der Waals surface area contributed by atoms with Crippen LogP contribution in [0, 0.1) is 11.6 Å². The van der Waals surface area contributed by atoms with Crippen molar-refractivity contribution in [2.45, 2.75) is 13.0 Å². The van der Waals surface area contributed by atoms with Crippen molar-refractivity contribution in [1.29, 1.82) is 0 Å². The average Bonchev–Trinajstić information content (AvgIpc) is 3.52. The lowest BCUT2D eigenvalue weighted by Gasteiger charge is -2.15. The molecule has 4 aromatic rings. The number of nitrogens with zero attached hydrogens (tertiary/aromatic N) is 6. The van der Waals surface area contributed by atoms with E-state index in [0.29, 0.717) is 35.8 Å². The lowest BCUT2D eigenvalue weighted by Crippen LogP contribution is -2.19. The van der Waals surface area contributed by atoms with Crippen molar-refractivity contribution in [3.63, 3.8) is 0 Å². The van der Waals surface area contributed by atoms with Gasteiger partial charge in [0, 0.05) is 18.2 Å². The van der Waals surface area contributed by atoms with Gasteiger partial charge >= 0.3 is 0 Å². The number of hydroxylamine groups is 1. The fraction of sp³-hybridized carbons (Fsp3) is 0.200. The van der Waals surface area contributed by atoms with E-state index in [2.05, 4.69) is 20.2 Å². The Kier molecular flexibility index (Phi) is 4.68. The van der Waals surface area contributed by atoms with Gasteiger partial charge in [-0.2, -0.15) is 5.10 Å². The van der Waals surface area contributed by atoms with E-state index in [4.69, 9.17) is 9.36 Å². The highest BCUT2D eigenvalue weighted by Gasteiger charge is 2.22.